The molecule has 0 aromatic heterocycles. The van der Waals surface area contributed by atoms with Crippen molar-refractivity contribution in [2.24, 2.45) is 0 Å². The number of rotatable bonds is 7. The van der Waals surface area contributed by atoms with Crippen LogP contribution in [0.25, 0.3) is 0 Å². The lowest BCUT2D eigenvalue weighted by Gasteiger charge is -2.16. The van der Waals surface area contributed by atoms with E-state index >= 15 is 0 Å². The fourth-order valence-electron chi connectivity index (χ4n) is 2.91. The maximum Gasteiger partial charge on any atom is 0.314 e. The van der Waals surface area contributed by atoms with Gasteiger partial charge in [-0.05, 0) is 24.0 Å². The number of hydrogen-bond acceptors (Lipinski definition) is 5. The summed E-state index contributed by atoms with van der Waals surface area (Å²) in [6.07, 6.45) is 1.50. The van der Waals surface area contributed by atoms with Crippen molar-refractivity contribution in [1.29, 1.82) is 0 Å². The second kappa shape index (κ2) is 9.64. The van der Waals surface area contributed by atoms with Gasteiger partial charge in [0.2, 0.25) is 5.75 Å². The average Bonchev–Trinajstić information content (AvgIpc) is 2.72. The van der Waals surface area contributed by atoms with Crippen molar-refractivity contribution in [2.45, 2.75) is 26.7 Å². The zero-order valence-electron chi connectivity index (χ0n) is 16.8. The van der Waals surface area contributed by atoms with E-state index < -0.39 is 11.8 Å². The zero-order valence-corrected chi connectivity index (χ0v) is 16.8. The van der Waals surface area contributed by atoms with Gasteiger partial charge in [0, 0.05) is 23.5 Å². The molecule has 0 heterocycles. The van der Waals surface area contributed by atoms with Crippen molar-refractivity contribution >= 4 is 23.2 Å². The van der Waals surface area contributed by atoms with E-state index in [2.05, 4.69) is 10.6 Å². The summed E-state index contributed by atoms with van der Waals surface area (Å²) in [6, 6.07) is 8.94. The molecule has 0 saturated carbocycles. The number of para-hydroxylation sites is 1. The molecule has 150 valence electrons. The molecule has 0 atom stereocenters. The summed E-state index contributed by atoms with van der Waals surface area (Å²) >= 11 is 0. The molecule has 28 heavy (non-hydrogen) atoms. The second-order valence-corrected chi connectivity index (χ2v) is 5.98. The molecule has 0 aliphatic heterocycles. The zero-order chi connectivity index (χ0) is 20.7. The van der Waals surface area contributed by atoms with Crippen molar-refractivity contribution in [2.75, 3.05) is 32.0 Å². The highest BCUT2D eigenvalue weighted by Crippen LogP contribution is 2.39. The Kier molecular flexibility index (Phi) is 7.26. The Morgan fingerprint density at radius 3 is 1.75 bits per heavy atom. The van der Waals surface area contributed by atoms with Crippen LogP contribution >= 0.6 is 0 Å². The lowest BCUT2D eigenvalue weighted by Crippen LogP contribution is -2.30. The summed E-state index contributed by atoms with van der Waals surface area (Å²) in [5, 5.41) is 5.31. The quantitative estimate of drug-likeness (QED) is 0.712. The number of hydrogen-bond donors (Lipinski definition) is 2. The Balaban J connectivity index is 2.23. The standard InChI is InChI=1S/C21H26N2O5/c1-6-13-9-8-10-14(7-2)18(13)23-21(25)20(24)22-15-11-16(26-3)19(28-5)17(12-15)27-4/h8-12H,6-7H2,1-5H3,(H,22,24)(H,23,25). The number of ether oxygens (including phenoxy) is 3. The molecule has 0 aliphatic carbocycles. The third-order valence-corrected chi connectivity index (χ3v) is 4.37. The second-order valence-electron chi connectivity index (χ2n) is 5.98. The number of aryl methyl sites for hydroxylation is 2. The Hall–Kier alpha value is -3.22. The number of carbonyl (C=O) groups is 2. The first-order valence-electron chi connectivity index (χ1n) is 9.02. The fraction of sp³-hybridized carbons (Fsp3) is 0.333. The van der Waals surface area contributed by atoms with Gasteiger partial charge in [0.1, 0.15) is 0 Å². The van der Waals surface area contributed by atoms with E-state index in [0.29, 0.717) is 28.6 Å². The molecule has 0 unspecified atom stereocenters. The summed E-state index contributed by atoms with van der Waals surface area (Å²) in [5.41, 5.74) is 3.01. The van der Waals surface area contributed by atoms with E-state index in [4.69, 9.17) is 14.2 Å². The van der Waals surface area contributed by atoms with Gasteiger partial charge in [0.05, 0.1) is 21.3 Å². The van der Waals surface area contributed by atoms with Crippen molar-refractivity contribution in [3.8, 4) is 17.2 Å². The SMILES string of the molecule is CCc1cccc(CC)c1NC(=O)C(=O)Nc1cc(OC)c(OC)c(OC)c1. The predicted octanol–water partition coefficient (Wildman–Crippen LogP) is 3.41. The van der Waals surface area contributed by atoms with Crippen LogP contribution in [0.1, 0.15) is 25.0 Å². The van der Waals surface area contributed by atoms with Crippen molar-refractivity contribution < 1.29 is 23.8 Å². The van der Waals surface area contributed by atoms with Gasteiger partial charge in [0.15, 0.2) is 11.5 Å². The molecule has 0 radical (unpaired) electrons. The Bertz CT molecular complexity index is 817. The van der Waals surface area contributed by atoms with Crippen LogP contribution in [0.15, 0.2) is 30.3 Å². The smallest absolute Gasteiger partial charge is 0.314 e. The number of methoxy groups -OCH3 is 3. The normalized spacial score (nSPS) is 10.2. The lowest BCUT2D eigenvalue weighted by molar-refractivity contribution is -0.133. The van der Waals surface area contributed by atoms with E-state index in [-0.39, 0.29) is 0 Å². The van der Waals surface area contributed by atoms with Crippen molar-refractivity contribution in [1.82, 2.24) is 0 Å². The predicted molar refractivity (Wildman–Crippen MR) is 109 cm³/mol. The summed E-state index contributed by atoms with van der Waals surface area (Å²) in [7, 11) is 4.44. The van der Waals surface area contributed by atoms with E-state index in [1.165, 1.54) is 21.3 Å². The van der Waals surface area contributed by atoms with Crippen LogP contribution in [-0.2, 0) is 22.4 Å². The molecule has 2 rings (SSSR count). The Morgan fingerprint density at radius 1 is 0.821 bits per heavy atom. The summed E-state index contributed by atoms with van der Waals surface area (Å²) in [5.74, 6) is -0.382. The first-order valence-corrected chi connectivity index (χ1v) is 9.02. The molecular formula is C21H26N2O5. The molecule has 0 aliphatic rings. The molecule has 2 aromatic rings. The number of amides is 2. The van der Waals surface area contributed by atoms with Crippen molar-refractivity contribution in [3.05, 3.63) is 41.5 Å². The minimum atomic E-state index is -0.790. The highest BCUT2D eigenvalue weighted by Gasteiger charge is 2.19. The van der Waals surface area contributed by atoms with Gasteiger partial charge < -0.3 is 24.8 Å². The number of nitrogens with one attached hydrogen (secondary N) is 2. The Morgan fingerprint density at radius 2 is 1.32 bits per heavy atom. The third-order valence-electron chi connectivity index (χ3n) is 4.37. The minimum absolute atomic E-state index is 0.356. The largest absolute Gasteiger partial charge is 0.493 e. The summed E-state index contributed by atoms with van der Waals surface area (Å²) in [6.45, 7) is 4.00. The topological polar surface area (TPSA) is 85.9 Å². The molecule has 0 spiro atoms. The van der Waals surface area contributed by atoms with Gasteiger partial charge in [-0.3, -0.25) is 9.59 Å². The molecule has 0 bridgehead atoms. The van der Waals surface area contributed by atoms with Crippen LogP contribution in [-0.4, -0.2) is 33.1 Å². The molecule has 7 nitrogen and oxygen atoms in total. The lowest BCUT2D eigenvalue weighted by atomic mass is 10.0. The van der Waals surface area contributed by atoms with E-state index in [1.54, 1.807) is 12.1 Å². The molecule has 0 saturated heterocycles. The van der Waals surface area contributed by atoms with Gasteiger partial charge in [-0.25, -0.2) is 0 Å². The van der Waals surface area contributed by atoms with E-state index in [1.807, 2.05) is 32.0 Å². The third kappa shape index (κ3) is 4.54. The fourth-order valence-corrected chi connectivity index (χ4v) is 2.91. The van der Waals surface area contributed by atoms with E-state index in [9.17, 15) is 9.59 Å². The van der Waals surface area contributed by atoms with Crippen molar-refractivity contribution in [3.63, 3.8) is 0 Å². The van der Waals surface area contributed by atoms with Crippen LogP contribution < -0.4 is 24.8 Å². The molecule has 2 amide bonds. The Labute approximate surface area is 165 Å². The van der Waals surface area contributed by atoms with Gasteiger partial charge >= 0.3 is 11.8 Å². The van der Waals surface area contributed by atoms with Crippen LogP contribution in [0, 0.1) is 0 Å². The molecule has 2 N–H and O–H groups in total. The van der Waals surface area contributed by atoms with Crippen LogP contribution in [0.4, 0.5) is 11.4 Å². The number of carbonyl (C=O) groups excluding carboxylic acids is 2. The van der Waals surface area contributed by atoms with Crippen LogP contribution in [0.2, 0.25) is 0 Å². The van der Waals surface area contributed by atoms with Gasteiger partial charge in [-0.2, -0.15) is 0 Å². The van der Waals surface area contributed by atoms with E-state index in [0.717, 1.165) is 24.0 Å². The highest BCUT2D eigenvalue weighted by molar-refractivity contribution is 6.43. The maximum atomic E-state index is 12.5. The molecule has 7 heteroatoms. The average molecular weight is 386 g/mol. The van der Waals surface area contributed by atoms with Gasteiger partial charge in [0.25, 0.3) is 0 Å². The number of anilines is 2. The molecule has 2 aromatic carbocycles. The monoisotopic (exact) mass is 386 g/mol. The highest BCUT2D eigenvalue weighted by atomic mass is 16.5. The number of benzene rings is 2. The summed E-state index contributed by atoms with van der Waals surface area (Å²) < 4.78 is 15.8. The minimum Gasteiger partial charge on any atom is -0.493 e. The van der Waals surface area contributed by atoms with Gasteiger partial charge in [-0.1, -0.05) is 32.0 Å². The molecular weight excluding hydrogens is 360 g/mol. The van der Waals surface area contributed by atoms with Gasteiger partial charge in [-0.15, -0.1) is 0 Å². The summed E-state index contributed by atoms with van der Waals surface area (Å²) in [4.78, 5) is 24.9. The van der Waals surface area contributed by atoms with Crippen LogP contribution in [0.5, 0.6) is 17.2 Å². The first kappa shape index (κ1) is 21.1. The first-order chi connectivity index (χ1) is 13.5. The van der Waals surface area contributed by atoms with Crippen LogP contribution in [0.3, 0.4) is 0 Å². The maximum absolute atomic E-state index is 12.5. The molecule has 0 fully saturated rings.